The van der Waals surface area contributed by atoms with Gasteiger partial charge in [0.05, 0.1) is 6.54 Å². The van der Waals surface area contributed by atoms with Crippen molar-refractivity contribution in [1.29, 1.82) is 0 Å². The molecule has 23 heavy (non-hydrogen) atoms. The number of hydrogen-bond acceptors (Lipinski definition) is 3. The summed E-state index contributed by atoms with van der Waals surface area (Å²) in [6.07, 6.45) is 2.66. The van der Waals surface area contributed by atoms with Gasteiger partial charge in [-0.1, -0.05) is 31.0 Å². The van der Waals surface area contributed by atoms with Crippen molar-refractivity contribution < 1.29 is 9.59 Å². The summed E-state index contributed by atoms with van der Waals surface area (Å²) in [5.74, 6) is 0.435. The van der Waals surface area contributed by atoms with Gasteiger partial charge in [0.25, 0.3) is 0 Å². The van der Waals surface area contributed by atoms with E-state index < -0.39 is 0 Å². The van der Waals surface area contributed by atoms with E-state index in [1.165, 1.54) is 0 Å². The highest BCUT2D eigenvalue weighted by atomic mass is 16.2. The number of Topliss-reactive ketones (excluding diaryl/α,β-unsaturated/α-hetero) is 1. The Labute approximate surface area is 139 Å². The van der Waals surface area contributed by atoms with Crippen molar-refractivity contribution >= 4 is 11.7 Å². The Kier molecular flexibility index (Phi) is 6.34. The van der Waals surface area contributed by atoms with E-state index in [9.17, 15) is 9.59 Å². The SMILES string of the molecule is CCCCC(=O)N1CCN(CC(=O)c2cc(C)ccc2C)CC1. The van der Waals surface area contributed by atoms with Gasteiger partial charge in [-0.25, -0.2) is 0 Å². The Morgan fingerprint density at radius 2 is 1.78 bits per heavy atom. The molecule has 4 heteroatoms. The van der Waals surface area contributed by atoms with E-state index in [4.69, 9.17) is 0 Å². The number of unbranched alkanes of at least 4 members (excludes halogenated alkanes) is 1. The number of carbonyl (C=O) groups excluding carboxylic acids is 2. The highest BCUT2D eigenvalue weighted by Gasteiger charge is 2.22. The van der Waals surface area contributed by atoms with Crippen LogP contribution < -0.4 is 0 Å². The van der Waals surface area contributed by atoms with Crippen LogP contribution in [0.4, 0.5) is 0 Å². The van der Waals surface area contributed by atoms with Gasteiger partial charge >= 0.3 is 0 Å². The number of benzene rings is 1. The van der Waals surface area contributed by atoms with Gasteiger partial charge in [0.1, 0.15) is 0 Å². The Morgan fingerprint density at radius 1 is 1.09 bits per heavy atom. The number of aryl methyl sites for hydroxylation is 2. The van der Waals surface area contributed by atoms with Crippen LogP contribution in [-0.4, -0.2) is 54.2 Å². The lowest BCUT2D eigenvalue weighted by molar-refractivity contribution is -0.132. The monoisotopic (exact) mass is 316 g/mol. The third-order valence-electron chi connectivity index (χ3n) is 4.53. The number of ketones is 1. The van der Waals surface area contributed by atoms with E-state index in [0.29, 0.717) is 13.0 Å². The van der Waals surface area contributed by atoms with Crippen molar-refractivity contribution in [2.24, 2.45) is 0 Å². The Morgan fingerprint density at radius 3 is 2.43 bits per heavy atom. The minimum absolute atomic E-state index is 0.178. The van der Waals surface area contributed by atoms with Gasteiger partial charge in [-0.2, -0.15) is 0 Å². The molecule has 2 rings (SSSR count). The second-order valence-electron chi connectivity index (χ2n) is 6.50. The molecule has 1 aliphatic rings. The number of piperazine rings is 1. The predicted molar refractivity (Wildman–Crippen MR) is 92.8 cm³/mol. The Balaban J connectivity index is 1.85. The number of nitrogens with zero attached hydrogens (tertiary/aromatic N) is 2. The maximum Gasteiger partial charge on any atom is 0.222 e. The Hall–Kier alpha value is -1.68. The lowest BCUT2D eigenvalue weighted by atomic mass is 10.0. The molecule has 0 radical (unpaired) electrons. The van der Waals surface area contributed by atoms with E-state index in [-0.39, 0.29) is 11.7 Å². The summed E-state index contributed by atoms with van der Waals surface area (Å²) < 4.78 is 0. The zero-order valence-electron chi connectivity index (χ0n) is 14.6. The molecule has 0 spiro atoms. The van der Waals surface area contributed by atoms with Crippen LogP contribution >= 0.6 is 0 Å². The van der Waals surface area contributed by atoms with Gasteiger partial charge < -0.3 is 4.90 Å². The fourth-order valence-corrected chi connectivity index (χ4v) is 2.97. The molecule has 0 N–H and O–H groups in total. The van der Waals surface area contributed by atoms with Crippen molar-refractivity contribution in [2.45, 2.75) is 40.0 Å². The van der Waals surface area contributed by atoms with Gasteiger partial charge in [0.15, 0.2) is 5.78 Å². The fourth-order valence-electron chi connectivity index (χ4n) is 2.97. The molecule has 0 saturated carbocycles. The second-order valence-corrected chi connectivity index (χ2v) is 6.50. The first-order chi connectivity index (χ1) is 11.0. The van der Waals surface area contributed by atoms with Crippen LogP contribution in [0.15, 0.2) is 18.2 Å². The third-order valence-corrected chi connectivity index (χ3v) is 4.53. The number of rotatable bonds is 6. The van der Waals surface area contributed by atoms with Crippen LogP contribution in [0.5, 0.6) is 0 Å². The van der Waals surface area contributed by atoms with Gasteiger partial charge in [-0.05, 0) is 31.9 Å². The standard InChI is InChI=1S/C19H28N2O2/c1-4-5-6-19(23)21-11-9-20(10-12-21)14-18(22)17-13-15(2)7-8-16(17)3/h7-8,13H,4-6,9-12,14H2,1-3H3. The first-order valence-corrected chi connectivity index (χ1v) is 8.62. The zero-order chi connectivity index (χ0) is 16.8. The molecule has 4 nitrogen and oxygen atoms in total. The van der Waals surface area contributed by atoms with Gasteiger partial charge in [-0.3, -0.25) is 14.5 Å². The van der Waals surface area contributed by atoms with Crippen LogP contribution in [0.3, 0.4) is 0 Å². The third kappa shape index (κ3) is 4.90. The molecule has 0 bridgehead atoms. The second kappa shape index (κ2) is 8.25. The Bertz CT molecular complexity index is 560. The molecule has 1 fully saturated rings. The number of amides is 1. The molecule has 1 heterocycles. The van der Waals surface area contributed by atoms with Crippen molar-refractivity contribution in [3.05, 3.63) is 34.9 Å². The fraction of sp³-hybridized carbons (Fsp3) is 0.579. The molecular weight excluding hydrogens is 288 g/mol. The van der Waals surface area contributed by atoms with Crippen LogP contribution in [0.2, 0.25) is 0 Å². The first kappa shape index (κ1) is 17.7. The van der Waals surface area contributed by atoms with Crippen molar-refractivity contribution in [3.63, 3.8) is 0 Å². The van der Waals surface area contributed by atoms with E-state index in [1.54, 1.807) is 0 Å². The molecule has 1 saturated heterocycles. The highest BCUT2D eigenvalue weighted by molar-refractivity contribution is 5.99. The topological polar surface area (TPSA) is 40.6 Å². The maximum absolute atomic E-state index is 12.5. The summed E-state index contributed by atoms with van der Waals surface area (Å²) in [6.45, 7) is 9.59. The number of carbonyl (C=O) groups is 2. The molecule has 1 aliphatic heterocycles. The smallest absolute Gasteiger partial charge is 0.222 e. The first-order valence-electron chi connectivity index (χ1n) is 8.62. The van der Waals surface area contributed by atoms with Crippen LogP contribution in [0.25, 0.3) is 0 Å². The zero-order valence-corrected chi connectivity index (χ0v) is 14.6. The van der Waals surface area contributed by atoms with Crippen molar-refractivity contribution in [3.8, 4) is 0 Å². The number of hydrogen-bond donors (Lipinski definition) is 0. The molecule has 0 aromatic heterocycles. The molecule has 1 aromatic rings. The molecule has 0 unspecified atom stereocenters. The van der Waals surface area contributed by atoms with Crippen molar-refractivity contribution in [2.75, 3.05) is 32.7 Å². The summed E-state index contributed by atoms with van der Waals surface area (Å²) in [7, 11) is 0. The van der Waals surface area contributed by atoms with Crippen LogP contribution in [0.1, 0.15) is 47.7 Å². The van der Waals surface area contributed by atoms with Gasteiger partial charge in [0, 0.05) is 38.2 Å². The minimum atomic E-state index is 0.178. The largest absolute Gasteiger partial charge is 0.340 e. The maximum atomic E-state index is 12.5. The summed E-state index contributed by atoms with van der Waals surface area (Å²) in [5, 5.41) is 0. The summed E-state index contributed by atoms with van der Waals surface area (Å²) >= 11 is 0. The van der Waals surface area contributed by atoms with Crippen LogP contribution in [-0.2, 0) is 4.79 Å². The summed E-state index contributed by atoms with van der Waals surface area (Å²) in [5.41, 5.74) is 2.98. The van der Waals surface area contributed by atoms with Crippen molar-refractivity contribution in [1.82, 2.24) is 9.80 Å². The molecule has 1 amide bonds. The molecular formula is C19H28N2O2. The molecule has 1 aromatic carbocycles. The average molecular weight is 316 g/mol. The van der Waals surface area contributed by atoms with E-state index in [0.717, 1.165) is 55.7 Å². The predicted octanol–water partition coefficient (Wildman–Crippen LogP) is 2.82. The van der Waals surface area contributed by atoms with E-state index in [1.807, 2.05) is 36.9 Å². The lowest BCUT2D eigenvalue weighted by Gasteiger charge is -2.34. The van der Waals surface area contributed by atoms with E-state index in [2.05, 4.69) is 11.8 Å². The highest BCUT2D eigenvalue weighted by Crippen LogP contribution is 2.13. The van der Waals surface area contributed by atoms with E-state index >= 15 is 0 Å². The molecule has 0 aliphatic carbocycles. The molecule has 0 atom stereocenters. The summed E-state index contributed by atoms with van der Waals surface area (Å²) in [6, 6.07) is 6.02. The summed E-state index contributed by atoms with van der Waals surface area (Å²) in [4.78, 5) is 28.6. The quantitative estimate of drug-likeness (QED) is 0.758. The average Bonchev–Trinajstić information content (AvgIpc) is 2.55. The van der Waals surface area contributed by atoms with Gasteiger partial charge in [-0.15, -0.1) is 0 Å². The normalized spacial score (nSPS) is 15.7. The van der Waals surface area contributed by atoms with Gasteiger partial charge in [0.2, 0.25) is 5.91 Å². The molecule has 126 valence electrons. The van der Waals surface area contributed by atoms with Crippen LogP contribution in [0, 0.1) is 13.8 Å². The minimum Gasteiger partial charge on any atom is -0.340 e. The lowest BCUT2D eigenvalue weighted by Crippen LogP contribution is -2.49.